The molecule has 0 unspecified atom stereocenters. The van der Waals surface area contributed by atoms with Crippen LogP contribution in [0.3, 0.4) is 0 Å². The van der Waals surface area contributed by atoms with Crippen molar-refractivity contribution >= 4 is 22.9 Å². The number of carbonyl (C=O) groups excluding carboxylic acids is 1. The molecular formula is C10H6O5. The molecule has 0 amide bonds. The predicted octanol–water partition coefficient (Wildman–Crippen LogP) is 1.42. The zero-order valence-corrected chi connectivity index (χ0v) is 7.47. The number of ether oxygens (including phenoxy) is 1. The first-order chi connectivity index (χ1) is 7.18. The topological polar surface area (TPSA) is 76.7 Å². The Balaban J connectivity index is 2.39. The first kappa shape index (κ1) is 9.26. The smallest absolute Gasteiger partial charge is 0.422 e. The Morgan fingerprint density at radius 1 is 1.27 bits per heavy atom. The lowest BCUT2D eigenvalue weighted by atomic mass is 10.2. The van der Waals surface area contributed by atoms with Crippen molar-refractivity contribution in [1.82, 2.24) is 0 Å². The lowest BCUT2D eigenvalue weighted by molar-refractivity contribution is -0.157. The van der Waals surface area contributed by atoms with E-state index in [1.54, 1.807) is 18.2 Å². The lowest BCUT2D eigenvalue weighted by Crippen LogP contribution is -2.19. The van der Waals surface area contributed by atoms with Crippen LogP contribution in [-0.4, -0.2) is 17.0 Å². The van der Waals surface area contributed by atoms with E-state index >= 15 is 0 Å². The maximum atomic E-state index is 10.8. The van der Waals surface area contributed by atoms with Crippen LogP contribution in [0.2, 0.25) is 0 Å². The number of carbonyl (C=O) groups is 2. The highest BCUT2D eigenvalue weighted by molar-refractivity contribution is 6.29. The molecule has 5 heteroatoms. The van der Waals surface area contributed by atoms with Crippen molar-refractivity contribution in [2.24, 2.45) is 0 Å². The molecule has 0 saturated heterocycles. The molecule has 76 valence electrons. The largest absolute Gasteiger partial charge is 0.473 e. The number of benzene rings is 1. The van der Waals surface area contributed by atoms with Crippen molar-refractivity contribution in [2.75, 3.05) is 0 Å². The summed E-state index contributed by atoms with van der Waals surface area (Å²) in [5, 5.41) is 8.93. The van der Waals surface area contributed by atoms with Gasteiger partial charge in [-0.3, -0.25) is 0 Å². The van der Waals surface area contributed by atoms with Gasteiger partial charge in [0.25, 0.3) is 0 Å². The molecule has 15 heavy (non-hydrogen) atoms. The summed E-state index contributed by atoms with van der Waals surface area (Å²) in [6, 6.07) is 6.39. The van der Waals surface area contributed by atoms with Gasteiger partial charge in [0.1, 0.15) is 11.3 Å². The summed E-state index contributed by atoms with van der Waals surface area (Å²) in [6.07, 6.45) is 1.43. The van der Waals surface area contributed by atoms with Crippen molar-refractivity contribution in [3.05, 3.63) is 30.5 Å². The van der Waals surface area contributed by atoms with Crippen LogP contribution in [0.5, 0.6) is 5.75 Å². The third kappa shape index (κ3) is 1.67. The van der Waals surface area contributed by atoms with E-state index in [4.69, 9.17) is 9.52 Å². The highest BCUT2D eigenvalue weighted by atomic mass is 16.6. The van der Waals surface area contributed by atoms with Gasteiger partial charge in [0.15, 0.2) is 0 Å². The van der Waals surface area contributed by atoms with Gasteiger partial charge in [-0.15, -0.1) is 0 Å². The molecule has 0 aliphatic rings. The number of furan rings is 1. The van der Waals surface area contributed by atoms with E-state index in [1.165, 1.54) is 12.3 Å². The molecule has 1 aromatic carbocycles. The van der Waals surface area contributed by atoms with Gasteiger partial charge in [0, 0.05) is 0 Å². The fourth-order valence-electron chi connectivity index (χ4n) is 1.20. The lowest BCUT2D eigenvalue weighted by Gasteiger charge is -2.01. The van der Waals surface area contributed by atoms with E-state index in [-0.39, 0.29) is 5.75 Å². The molecule has 0 aliphatic carbocycles. The molecule has 1 N–H and O–H groups in total. The molecule has 0 spiro atoms. The van der Waals surface area contributed by atoms with Gasteiger partial charge in [-0.1, -0.05) is 6.07 Å². The summed E-state index contributed by atoms with van der Waals surface area (Å²) in [5.41, 5.74) is 0.533. The van der Waals surface area contributed by atoms with Crippen LogP contribution in [0.15, 0.2) is 34.9 Å². The van der Waals surface area contributed by atoms with E-state index in [2.05, 4.69) is 4.74 Å². The number of fused-ring (bicyclic) bond motifs is 1. The Labute approximate surface area is 83.9 Å². The number of hydrogen-bond donors (Lipinski definition) is 1. The van der Waals surface area contributed by atoms with Gasteiger partial charge in [-0.25, -0.2) is 9.59 Å². The first-order valence-electron chi connectivity index (χ1n) is 4.10. The van der Waals surface area contributed by atoms with Gasteiger partial charge in [0.05, 0.1) is 11.6 Å². The average Bonchev–Trinajstić information content (AvgIpc) is 2.66. The van der Waals surface area contributed by atoms with Crippen molar-refractivity contribution in [3.63, 3.8) is 0 Å². The fraction of sp³-hybridized carbons (Fsp3) is 0. The summed E-state index contributed by atoms with van der Waals surface area (Å²) in [7, 11) is 0. The molecular weight excluding hydrogens is 200 g/mol. The number of rotatable bonds is 1. The summed E-state index contributed by atoms with van der Waals surface area (Å²) >= 11 is 0. The Hall–Kier alpha value is -2.30. The normalized spacial score (nSPS) is 10.1. The van der Waals surface area contributed by atoms with Crippen LogP contribution in [0, 0.1) is 0 Å². The monoisotopic (exact) mass is 206 g/mol. The summed E-state index contributed by atoms with van der Waals surface area (Å²) in [6.45, 7) is 0. The third-order valence-corrected chi connectivity index (χ3v) is 1.83. The van der Waals surface area contributed by atoms with Crippen LogP contribution in [0.25, 0.3) is 11.0 Å². The van der Waals surface area contributed by atoms with Crippen molar-refractivity contribution in [1.29, 1.82) is 0 Å². The maximum absolute atomic E-state index is 10.8. The average molecular weight is 206 g/mol. The summed E-state index contributed by atoms with van der Waals surface area (Å²) < 4.78 is 9.71. The first-order valence-corrected chi connectivity index (χ1v) is 4.10. The minimum atomic E-state index is -1.63. The zero-order valence-electron chi connectivity index (χ0n) is 7.47. The number of carboxylic acids is 1. The minimum absolute atomic E-state index is 0.175. The molecule has 5 nitrogen and oxygen atoms in total. The second-order valence-electron chi connectivity index (χ2n) is 2.78. The van der Waals surface area contributed by atoms with Gasteiger partial charge in [-0.05, 0) is 18.2 Å². The van der Waals surface area contributed by atoms with Gasteiger partial charge >= 0.3 is 11.9 Å². The van der Waals surface area contributed by atoms with Crippen molar-refractivity contribution in [3.8, 4) is 5.75 Å². The van der Waals surface area contributed by atoms with Crippen molar-refractivity contribution < 1.29 is 23.8 Å². The number of aliphatic carboxylic acids is 1. The van der Waals surface area contributed by atoms with E-state index in [0.717, 1.165) is 0 Å². The molecule has 0 radical (unpaired) electrons. The molecule has 2 aromatic rings. The number of carboxylic acid groups (broad SMARTS) is 1. The molecule has 0 atom stereocenters. The van der Waals surface area contributed by atoms with Gasteiger partial charge < -0.3 is 14.3 Å². The molecule has 2 rings (SSSR count). The minimum Gasteiger partial charge on any atom is -0.473 e. The van der Waals surface area contributed by atoms with E-state index in [9.17, 15) is 9.59 Å². The second kappa shape index (κ2) is 3.45. The fourth-order valence-corrected chi connectivity index (χ4v) is 1.20. The Morgan fingerprint density at radius 3 is 2.80 bits per heavy atom. The van der Waals surface area contributed by atoms with Crippen LogP contribution >= 0.6 is 0 Å². The van der Waals surface area contributed by atoms with Gasteiger partial charge in [0.2, 0.25) is 0 Å². The van der Waals surface area contributed by atoms with Crippen LogP contribution in [0.4, 0.5) is 0 Å². The molecule has 1 aromatic heterocycles. The summed E-state index contributed by atoms with van der Waals surface area (Å²) in [4.78, 5) is 21.1. The van der Waals surface area contributed by atoms with Crippen LogP contribution in [-0.2, 0) is 9.59 Å². The molecule has 0 bridgehead atoms. The van der Waals surface area contributed by atoms with E-state index in [0.29, 0.717) is 11.0 Å². The van der Waals surface area contributed by atoms with E-state index < -0.39 is 11.9 Å². The van der Waals surface area contributed by atoms with Crippen molar-refractivity contribution in [2.45, 2.75) is 0 Å². The third-order valence-electron chi connectivity index (χ3n) is 1.83. The van der Waals surface area contributed by atoms with Crippen LogP contribution in [0.1, 0.15) is 0 Å². The second-order valence-corrected chi connectivity index (χ2v) is 2.78. The Kier molecular flexibility index (Phi) is 2.13. The van der Waals surface area contributed by atoms with Gasteiger partial charge in [-0.2, -0.15) is 0 Å². The van der Waals surface area contributed by atoms with E-state index in [1.807, 2.05) is 0 Å². The molecule has 1 heterocycles. The molecule has 0 fully saturated rings. The maximum Gasteiger partial charge on any atom is 0.422 e. The SMILES string of the molecule is O=C(O)C(=O)Oc1cccc2occc12. The zero-order chi connectivity index (χ0) is 10.8. The number of esters is 1. The highest BCUT2D eigenvalue weighted by Gasteiger charge is 2.16. The highest BCUT2D eigenvalue weighted by Crippen LogP contribution is 2.26. The van der Waals surface area contributed by atoms with Crippen LogP contribution < -0.4 is 4.74 Å². The predicted molar refractivity (Wildman–Crippen MR) is 49.5 cm³/mol. The Morgan fingerprint density at radius 2 is 2.07 bits per heavy atom. The summed E-state index contributed by atoms with van der Waals surface area (Å²) in [5.74, 6) is -2.77. The molecule has 0 saturated carbocycles. The molecule has 0 aliphatic heterocycles. The standard InChI is InChI=1S/C10H6O5/c11-9(12)10(13)15-8-3-1-2-7-6(8)4-5-14-7/h1-5H,(H,11,12). The number of hydrogen-bond acceptors (Lipinski definition) is 4. The Bertz CT molecular complexity index is 525. The quantitative estimate of drug-likeness (QED) is 0.433.